The summed E-state index contributed by atoms with van der Waals surface area (Å²) >= 11 is 12.2. The number of halogens is 2. The van der Waals surface area contributed by atoms with Crippen molar-refractivity contribution in [2.24, 2.45) is 0 Å². The summed E-state index contributed by atoms with van der Waals surface area (Å²) in [6, 6.07) is 6.87. The minimum Gasteiger partial charge on any atom is -0.493 e. The van der Waals surface area contributed by atoms with Gasteiger partial charge in [0.2, 0.25) is 0 Å². The van der Waals surface area contributed by atoms with E-state index in [0.717, 1.165) is 0 Å². The average molecular weight is 396 g/mol. The van der Waals surface area contributed by atoms with Crippen molar-refractivity contribution in [2.45, 2.75) is 26.6 Å². The first kappa shape index (κ1) is 20.1. The Morgan fingerprint density at radius 3 is 2.73 bits per heavy atom. The third kappa shape index (κ3) is 5.64. The van der Waals surface area contributed by atoms with Crippen molar-refractivity contribution in [3.63, 3.8) is 0 Å². The summed E-state index contributed by atoms with van der Waals surface area (Å²) in [5.74, 6) is 0.444. The highest BCUT2D eigenvalue weighted by Crippen LogP contribution is 2.37. The fraction of sp³-hybridized carbons (Fsp3) is 0.263. The standard InChI is InChI=1S/C19H19Cl2NO4/c1-12(2)26-18-15(20)9-13(10-16(18)24-3)6-7-17(23)25-11-14-5-4-8-22-19(14)21/h4-10,12H,11H2,1-3H3/b7-6+. The Morgan fingerprint density at radius 2 is 2.08 bits per heavy atom. The van der Waals surface area contributed by atoms with E-state index in [9.17, 15) is 4.79 Å². The Labute approximate surface area is 162 Å². The van der Waals surface area contributed by atoms with Crippen molar-refractivity contribution < 1.29 is 19.0 Å². The van der Waals surface area contributed by atoms with E-state index in [4.69, 9.17) is 37.4 Å². The van der Waals surface area contributed by atoms with Crippen LogP contribution in [0.5, 0.6) is 11.5 Å². The number of nitrogens with zero attached hydrogens (tertiary/aromatic N) is 1. The van der Waals surface area contributed by atoms with Gasteiger partial charge < -0.3 is 14.2 Å². The molecule has 0 spiro atoms. The van der Waals surface area contributed by atoms with Gasteiger partial charge in [0.1, 0.15) is 11.8 Å². The van der Waals surface area contributed by atoms with E-state index in [2.05, 4.69) is 4.98 Å². The van der Waals surface area contributed by atoms with Gasteiger partial charge in [-0.1, -0.05) is 29.3 Å². The second-order valence-corrected chi connectivity index (χ2v) is 6.36. The monoisotopic (exact) mass is 395 g/mol. The molecule has 0 atom stereocenters. The van der Waals surface area contributed by atoms with Gasteiger partial charge in [0, 0.05) is 17.8 Å². The number of benzene rings is 1. The molecule has 7 heteroatoms. The van der Waals surface area contributed by atoms with E-state index < -0.39 is 5.97 Å². The van der Waals surface area contributed by atoms with Crippen LogP contribution < -0.4 is 9.47 Å². The van der Waals surface area contributed by atoms with Crippen LogP contribution in [0, 0.1) is 0 Å². The maximum Gasteiger partial charge on any atom is 0.331 e. The number of hydrogen-bond donors (Lipinski definition) is 0. The van der Waals surface area contributed by atoms with Gasteiger partial charge in [-0.25, -0.2) is 9.78 Å². The van der Waals surface area contributed by atoms with Crippen molar-refractivity contribution >= 4 is 35.2 Å². The van der Waals surface area contributed by atoms with Gasteiger partial charge in [0.15, 0.2) is 11.5 Å². The number of ether oxygens (including phenoxy) is 3. The van der Waals surface area contributed by atoms with E-state index in [0.29, 0.717) is 32.8 Å². The van der Waals surface area contributed by atoms with Crippen molar-refractivity contribution in [1.29, 1.82) is 0 Å². The molecule has 0 aliphatic carbocycles. The summed E-state index contributed by atoms with van der Waals surface area (Å²) in [4.78, 5) is 15.8. The zero-order chi connectivity index (χ0) is 19.1. The number of carbonyl (C=O) groups excluding carboxylic acids is 1. The minimum absolute atomic E-state index is 0.0427. The van der Waals surface area contributed by atoms with Gasteiger partial charge in [-0.05, 0) is 43.7 Å². The number of carbonyl (C=O) groups is 1. The molecule has 0 saturated heterocycles. The topological polar surface area (TPSA) is 57.7 Å². The first-order chi connectivity index (χ1) is 12.4. The Kier molecular flexibility index (Phi) is 7.30. The summed E-state index contributed by atoms with van der Waals surface area (Å²) < 4.78 is 16.1. The van der Waals surface area contributed by atoms with E-state index in [1.807, 2.05) is 13.8 Å². The van der Waals surface area contributed by atoms with Gasteiger partial charge in [0.05, 0.1) is 18.2 Å². The predicted octanol–water partition coefficient (Wildman–Crippen LogP) is 4.94. The Morgan fingerprint density at radius 1 is 1.31 bits per heavy atom. The van der Waals surface area contributed by atoms with Crippen molar-refractivity contribution in [2.75, 3.05) is 7.11 Å². The maximum absolute atomic E-state index is 11.9. The van der Waals surface area contributed by atoms with E-state index in [1.54, 1.807) is 36.5 Å². The van der Waals surface area contributed by atoms with E-state index in [1.165, 1.54) is 13.2 Å². The predicted molar refractivity (Wildman–Crippen MR) is 102 cm³/mol. The molecular weight excluding hydrogens is 377 g/mol. The van der Waals surface area contributed by atoms with Crippen LogP contribution in [-0.2, 0) is 16.1 Å². The number of rotatable bonds is 7. The van der Waals surface area contributed by atoms with Gasteiger partial charge in [0.25, 0.3) is 0 Å². The summed E-state index contributed by atoms with van der Waals surface area (Å²) in [5, 5.41) is 0.703. The molecule has 2 aromatic rings. The van der Waals surface area contributed by atoms with Crippen LogP contribution in [0.1, 0.15) is 25.0 Å². The van der Waals surface area contributed by atoms with Gasteiger partial charge in [-0.2, -0.15) is 0 Å². The van der Waals surface area contributed by atoms with Gasteiger partial charge in [-0.3, -0.25) is 0 Å². The zero-order valence-electron chi connectivity index (χ0n) is 14.7. The fourth-order valence-electron chi connectivity index (χ4n) is 2.07. The Hall–Kier alpha value is -2.24. The van der Waals surface area contributed by atoms with Crippen LogP contribution in [0.15, 0.2) is 36.5 Å². The summed E-state index contributed by atoms with van der Waals surface area (Å²) in [7, 11) is 1.53. The molecule has 0 radical (unpaired) electrons. The molecule has 26 heavy (non-hydrogen) atoms. The van der Waals surface area contributed by atoms with Crippen LogP contribution in [0.25, 0.3) is 6.08 Å². The Balaban J connectivity index is 2.06. The highest BCUT2D eigenvalue weighted by Gasteiger charge is 2.13. The molecule has 1 aromatic carbocycles. The second-order valence-electron chi connectivity index (χ2n) is 5.60. The van der Waals surface area contributed by atoms with Crippen LogP contribution in [0.2, 0.25) is 10.2 Å². The number of pyridine rings is 1. The summed E-state index contributed by atoms with van der Waals surface area (Å²) in [6.45, 7) is 3.84. The molecule has 5 nitrogen and oxygen atoms in total. The number of esters is 1. The van der Waals surface area contributed by atoms with Crippen molar-refractivity contribution in [1.82, 2.24) is 4.98 Å². The smallest absolute Gasteiger partial charge is 0.331 e. The average Bonchev–Trinajstić information content (AvgIpc) is 2.60. The molecule has 1 aromatic heterocycles. The lowest BCUT2D eigenvalue weighted by molar-refractivity contribution is -0.138. The highest BCUT2D eigenvalue weighted by atomic mass is 35.5. The number of hydrogen-bond acceptors (Lipinski definition) is 5. The molecule has 1 heterocycles. The molecule has 0 N–H and O–H groups in total. The molecule has 0 amide bonds. The zero-order valence-corrected chi connectivity index (χ0v) is 16.2. The lowest BCUT2D eigenvalue weighted by Gasteiger charge is -2.15. The number of methoxy groups -OCH3 is 1. The molecule has 0 saturated carbocycles. The summed E-state index contributed by atoms with van der Waals surface area (Å²) in [6.07, 6.45) is 4.41. The lowest BCUT2D eigenvalue weighted by Crippen LogP contribution is -2.07. The van der Waals surface area contributed by atoms with Gasteiger partial charge >= 0.3 is 5.97 Å². The molecule has 0 fully saturated rings. The van der Waals surface area contributed by atoms with Gasteiger partial charge in [-0.15, -0.1) is 0 Å². The van der Waals surface area contributed by atoms with E-state index >= 15 is 0 Å². The first-order valence-corrected chi connectivity index (χ1v) is 8.64. The third-order valence-corrected chi connectivity index (χ3v) is 3.84. The molecule has 0 unspecified atom stereocenters. The minimum atomic E-state index is -0.512. The van der Waals surface area contributed by atoms with Crippen LogP contribution in [0.3, 0.4) is 0 Å². The van der Waals surface area contributed by atoms with Crippen LogP contribution in [-0.4, -0.2) is 24.2 Å². The molecule has 0 bridgehead atoms. The Bertz CT molecular complexity index is 806. The molecule has 138 valence electrons. The number of aromatic nitrogens is 1. The lowest BCUT2D eigenvalue weighted by atomic mass is 10.2. The van der Waals surface area contributed by atoms with E-state index in [-0.39, 0.29) is 12.7 Å². The summed E-state index contributed by atoms with van der Waals surface area (Å²) in [5.41, 5.74) is 1.31. The van der Waals surface area contributed by atoms with Crippen molar-refractivity contribution in [3.05, 3.63) is 57.8 Å². The maximum atomic E-state index is 11.9. The van der Waals surface area contributed by atoms with Crippen LogP contribution in [0.4, 0.5) is 0 Å². The fourth-order valence-corrected chi connectivity index (χ4v) is 2.51. The SMILES string of the molecule is COc1cc(/C=C/C(=O)OCc2cccnc2Cl)cc(Cl)c1OC(C)C. The second kappa shape index (κ2) is 9.46. The molecule has 0 aliphatic rings. The molecule has 2 rings (SSSR count). The highest BCUT2D eigenvalue weighted by molar-refractivity contribution is 6.32. The van der Waals surface area contributed by atoms with Crippen LogP contribution >= 0.6 is 23.2 Å². The first-order valence-electron chi connectivity index (χ1n) is 7.89. The quantitative estimate of drug-likeness (QED) is 0.377. The third-order valence-electron chi connectivity index (χ3n) is 3.22. The normalized spacial score (nSPS) is 11.0. The molecule has 0 aliphatic heterocycles. The largest absolute Gasteiger partial charge is 0.493 e. The van der Waals surface area contributed by atoms with Crippen molar-refractivity contribution in [3.8, 4) is 11.5 Å². The molecular formula is C19H19Cl2NO4.